The van der Waals surface area contributed by atoms with Crippen molar-refractivity contribution in [3.05, 3.63) is 53.1 Å². The molecular formula is C20H19ClF3N3O3. The lowest BCUT2D eigenvalue weighted by Gasteiger charge is -2.36. The van der Waals surface area contributed by atoms with Gasteiger partial charge < -0.3 is 19.9 Å². The van der Waals surface area contributed by atoms with Crippen LogP contribution in [0.15, 0.2) is 42.5 Å². The second kappa shape index (κ2) is 8.83. The van der Waals surface area contributed by atoms with Gasteiger partial charge in [-0.3, -0.25) is 9.59 Å². The van der Waals surface area contributed by atoms with Gasteiger partial charge in [-0.1, -0.05) is 23.7 Å². The number of ether oxygens (including phenoxy) is 1. The van der Waals surface area contributed by atoms with E-state index < -0.39 is 28.6 Å². The smallest absolute Gasteiger partial charge is 0.417 e. The Morgan fingerprint density at radius 3 is 2.37 bits per heavy atom. The Kier molecular flexibility index (Phi) is 6.40. The summed E-state index contributed by atoms with van der Waals surface area (Å²) in [5.74, 6) is -1.10. The average Bonchev–Trinajstić information content (AvgIpc) is 2.73. The molecule has 1 aliphatic heterocycles. The molecule has 0 unspecified atom stereocenters. The molecular weight excluding hydrogens is 423 g/mol. The van der Waals surface area contributed by atoms with E-state index in [9.17, 15) is 22.8 Å². The lowest BCUT2D eigenvalue weighted by atomic mass is 10.2. The zero-order valence-electron chi connectivity index (χ0n) is 16.0. The normalized spacial score (nSPS) is 14.4. The fourth-order valence-corrected chi connectivity index (χ4v) is 3.41. The summed E-state index contributed by atoms with van der Waals surface area (Å²) in [5.41, 5.74) is -0.352. The van der Waals surface area contributed by atoms with Gasteiger partial charge >= 0.3 is 18.0 Å². The number of hydrogen-bond donors (Lipinski definition) is 1. The fraction of sp³-hybridized carbons (Fsp3) is 0.300. The Morgan fingerprint density at radius 2 is 1.73 bits per heavy atom. The number of alkyl halides is 3. The van der Waals surface area contributed by atoms with Crippen molar-refractivity contribution in [3.63, 3.8) is 0 Å². The van der Waals surface area contributed by atoms with Crippen LogP contribution in [-0.4, -0.2) is 50.0 Å². The van der Waals surface area contributed by atoms with E-state index in [2.05, 4.69) is 5.32 Å². The summed E-state index contributed by atoms with van der Waals surface area (Å²) in [6.07, 6.45) is -4.67. The van der Waals surface area contributed by atoms with Crippen LogP contribution in [0.1, 0.15) is 5.56 Å². The number of hydrogen-bond acceptors (Lipinski definition) is 4. The number of methoxy groups -OCH3 is 1. The van der Waals surface area contributed by atoms with E-state index in [1.165, 1.54) is 11.0 Å². The van der Waals surface area contributed by atoms with Crippen LogP contribution in [0.25, 0.3) is 0 Å². The predicted octanol–water partition coefficient (Wildman–Crippen LogP) is 3.65. The maximum atomic E-state index is 13.0. The molecule has 0 aliphatic carbocycles. The van der Waals surface area contributed by atoms with Crippen molar-refractivity contribution in [2.24, 2.45) is 0 Å². The summed E-state index contributed by atoms with van der Waals surface area (Å²) in [6, 6.07) is 10.4. The molecule has 0 bridgehead atoms. The van der Waals surface area contributed by atoms with Crippen molar-refractivity contribution in [2.75, 3.05) is 43.5 Å². The van der Waals surface area contributed by atoms with Gasteiger partial charge in [0.15, 0.2) is 0 Å². The number of amides is 2. The van der Waals surface area contributed by atoms with Gasteiger partial charge in [0.25, 0.3) is 0 Å². The van der Waals surface area contributed by atoms with Crippen LogP contribution in [0.5, 0.6) is 5.75 Å². The SMILES string of the molecule is COc1ccccc1N1CCN(C(=O)C(=O)Nc2ccc(Cl)c(C(F)(F)F)c2)CC1. The Balaban J connectivity index is 1.62. The van der Waals surface area contributed by atoms with E-state index in [4.69, 9.17) is 16.3 Å². The topological polar surface area (TPSA) is 61.9 Å². The molecule has 160 valence electrons. The standard InChI is InChI=1S/C20H19ClF3N3O3/c1-30-17-5-3-2-4-16(17)26-8-10-27(11-9-26)19(29)18(28)25-13-6-7-15(21)14(12-13)20(22,23)24/h2-7,12H,8-11H2,1H3,(H,25,28). The van der Waals surface area contributed by atoms with Crippen LogP contribution in [0.3, 0.4) is 0 Å². The minimum absolute atomic E-state index is 0.155. The minimum atomic E-state index is -4.67. The van der Waals surface area contributed by atoms with E-state index in [0.29, 0.717) is 38.0 Å². The number of benzene rings is 2. The van der Waals surface area contributed by atoms with Gasteiger partial charge in [-0.05, 0) is 30.3 Å². The van der Waals surface area contributed by atoms with E-state index >= 15 is 0 Å². The molecule has 0 radical (unpaired) electrons. The highest BCUT2D eigenvalue weighted by Crippen LogP contribution is 2.36. The van der Waals surface area contributed by atoms with E-state index in [1.54, 1.807) is 7.11 Å². The number of carbonyl (C=O) groups excluding carboxylic acids is 2. The van der Waals surface area contributed by atoms with Gasteiger partial charge in [0, 0.05) is 31.9 Å². The molecule has 6 nitrogen and oxygen atoms in total. The quantitative estimate of drug-likeness (QED) is 0.738. The fourth-order valence-electron chi connectivity index (χ4n) is 3.19. The molecule has 1 aliphatic rings. The first-order valence-electron chi connectivity index (χ1n) is 9.05. The number of halogens is 4. The monoisotopic (exact) mass is 441 g/mol. The molecule has 1 fully saturated rings. The Bertz CT molecular complexity index is 944. The van der Waals surface area contributed by atoms with Crippen molar-refractivity contribution in [1.29, 1.82) is 0 Å². The van der Waals surface area contributed by atoms with Crippen LogP contribution in [0.4, 0.5) is 24.5 Å². The van der Waals surface area contributed by atoms with Crippen molar-refractivity contribution in [1.82, 2.24) is 4.90 Å². The summed E-state index contributed by atoms with van der Waals surface area (Å²) in [6.45, 7) is 1.55. The number of nitrogens with one attached hydrogen (secondary N) is 1. The highest BCUT2D eigenvalue weighted by atomic mass is 35.5. The van der Waals surface area contributed by atoms with Gasteiger partial charge in [0.2, 0.25) is 0 Å². The maximum absolute atomic E-state index is 13.0. The first-order valence-corrected chi connectivity index (χ1v) is 9.43. The van der Waals surface area contributed by atoms with Gasteiger partial charge in [0.1, 0.15) is 5.75 Å². The first kappa shape index (κ1) is 21.8. The molecule has 3 rings (SSSR count). The maximum Gasteiger partial charge on any atom is 0.417 e. The molecule has 10 heteroatoms. The number of nitrogens with zero attached hydrogens (tertiary/aromatic N) is 2. The summed E-state index contributed by atoms with van der Waals surface area (Å²) >= 11 is 5.57. The van der Waals surface area contributed by atoms with Crippen molar-refractivity contribution < 1.29 is 27.5 Å². The third-order valence-electron chi connectivity index (χ3n) is 4.72. The third-order valence-corrected chi connectivity index (χ3v) is 5.05. The van der Waals surface area contributed by atoms with E-state index in [1.807, 2.05) is 29.2 Å². The average molecular weight is 442 g/mol. The van der Waals surface area contributed by atoms with Gasteiger partial charge in [-0.15, -0.1) is 0 Å². The molecule has 1 N–H and O–H groups in total. The molecule has 0 aromatic heterocycles. The number of carbonyl (C=O) groups is 2. The van der Waals surface area contributed by atoms with Gasteiger partial charge in [-0.2, -0.15) is 13.2 Å². The van der Waals surface area contributed by atoms with Gasteiger partial charge in [0.05, 0.1) is 23.4 Å². The first-order chi connectivity index (χ1) is 14.2. The minimum Gasteiger partial charge on any atom is -0.495 e. The lowest BCUT2D eigenvalue weighted by molar-refractivity contribution is -0.143. The summed E-state index contributed by atoms with van der Waals surface area (Å²) in [5, 5.41) is 1.73. The van der Waals surface area contributed by atoms with Crippen LogP contribution in [-0.2, 0) is 15.8 Å². The predicted molar refractivity (Wildman–Crippen MR) is 107 cm³/mol. The second-order valence-corrected chi connectivity index (χ2v) is 7.00. The zero-order valence-corrected chi connectivity index (χ0v) is 16.8. The molecule has 2 amide bonds. The van der Waals surface area contributed by atoms with E-state index in [0.717, 1.165) is 11.8 Å². The number of para-hydroxylation sites is 2. The zero-order chi connectivity index (χ0) is 21.9. The molecule has 0 atom stereocenters. The lowest BCUT2D eigenvalue weighted by Crippen LogP contribution is -2.51. The number of anilines is 2. The van der Waals surface area contributed by atoms with Crippen LogP contribution >= 0.6 is 11.6 Å². The summed E-state index contributed by atoms with van der Waals surface area (Å²) < 4.78 is 44.2. The summed E-state index contributed by atoms with van der Waals surface area (Å²) in [4.78, 5) is 28.1. The van der Waals surface area contributed by atoms with E-state index in [-0.39, 0.29) is 5.69 Å². The molecule has 1 heterocycles. The largest absolute Gasteiger partial charge is 0.495 e. The Morgan fingerprint density at radius 1 is 1.07 bits per heavy atom. The Labute approximate surface area is 176 Å². The van der Waals surface area contributed by atoms with Gasteiger partial charge in [-0.25, -0.2) is 0 Å². The van der Waals surface area contributed by atoms with Crippen LogP contribution < -0.4 is 15.0 Å². The van der Waals surface area contributed by atoms with Crippen molar-refractivity contribution >= 4 is 34.8 Å². The summed E-state index contributed by atoms with van der Waals surface area (Å²) in [7, 11) is 1.57. The second-order valence-electron chi connectivity index (χ2n) is 6.60. The Hall–Kier alpha value is -2.94. The highest BCUT2D eigenvalue weighted by molar-refractivity contribution is 6.39. The van der Waals surface area contributed by atoms with Crippen molar-refractivity contribution in [3.8, 4) is 5.75 Å². The molecule has 0 saturated carbocycles. The molecule has 30 heavy (non-hydrogen) atoms. The number of rotatable bonds is 3. The van der Waals surface area contributed by atoms with Crippen LogP contribution in [0.2, 0.25) is 5.02 Å². The van der Waals surface area contributed by atoms with Crippen LogP contribution in [0, 0.1) is 0 Å². The van der Waals surface area contributed by atoms with Crippen molar-refractivity contribution in [2.45, 2.75) is 6.18 Å². The number of piperazine rings is 1. The molecule has 2 aromatic carbocycles. The molecule has 0 spiro atoms. The highest BCUT2D eigenvalue weighted by Gasteiger charge is 2.34. The molecule has 1 saturated heterocycles. The molecule has 2 aromatic rings. The third kappa shape index (κ3) is 4.79.